The van der Waals surface area contributed by atoms with Gasteiger partial charge in [-0.15, -0.1) is 0 Å². The summed E-state index contributed by atoms with van der Waals surface area (Å²) in [7, 11) is 0. The zero-order chi connectivity index (χ0) is 11.5. The monoisotopic (exact) mass is 279 g/mol. The highest BCUT2D eigenvalue weighted by Gasteiger charge is 2.02. The van der Waals surface area contributed by atoms with Crippen LogP contribution in [0.1, 0.15) is 11.1 Å². The molecule has 0 bridgehead atoms. The number of rotatable bonds is 3. The molecule has 1 aromatic heterocycles. The van der Waals surface area contributed by atoms with Crippen LogP contribution in [-0.4, -0.2) is 16.3 Å². The molecule has 0 unspecified atom stereocenters. The molecule has 0 saturated heterocycles. The average molecular weight is 280 g/mol. The van der Waals surface area contributed by atoms with Crippen molar-refractivity contribution in [2.75, 3.05) is 6.54 Å². The SMILES string of the molecule is Cc1cc(-n2cc(Br)cn2)ccc1CCN. The standard InChI is InChI=1S/C12H14BrN3/c1-9-6-12(3-2-10(9)4-5-14)16-8-11(13)7-15-16/h2-3,6-8H,4-5,14H2,1H3. The van der Waals surface area contributed by atoms with Gasteiger partial charge in [-0.2, -0.15) is 5.10 Å². The van der Waals surface area contributed by atoms with E-state index in [2.05, 4.69) is 46.2 Å². The predicted octanol–water partition coefficient (Wildman–Crippen LogP) is 2.44. The van der Waals surface area contributed by atoms with E-state index in [0.717, 1.165) is 16.6 Å². The van der Waals surface area contributed by atoms with Crippen molar-refractivity contribution in [3.63, 3.8) is 0 Å². The number of nitrogens with two attached hydrogens (primary N) is 1. The number of halogens is 1. The summed E-state index contributed by atoms with van der Waals surface area (Å²) in [5.41, 5.74) is 9.19. The molecular formula is C12H14BrN3. The summed E-state index contributed by atoms with van der Waals surface area (Å²) in [5.74, 6) is 0. The van der Waals surface area contributed by atoms with Crippen LogP contribution in [0.25, 0.3) is 5.69 Å². The average Bonchev–Trinajstić information content (AvgIpc) is 2.68. The van der Waals surface area contributed by atoms with E-state index in [9.17, 15) is 0 Å². The Labute approximate surface area is 103 Å². The van der Waals surface area contributed by atoms with E-state index >= 15 is 0 Å². The van der Waals surface area contributed by atoms with Crippen LogP contribution in [0.15, 0.2) is 35.1 Å². The zero-order valence-electron chi connectivity index (χ0n) is 9.15. The van der Waals surface area contributed by atoms with Crippen LogP contribution in [0.2, 0.25) is 0 Å². The fourth-order valence-corrected chi connectivity index (χ4v) is 1.99. The van der Waals surface area contributed by atoms with Crippen molar-refractivity contribution in [3.05, 3.63) is 46.2 Å². The van der Waals surface area contributed by atoms with Gasteiger partial charge in [0.15, 0.2) is 0 Å². The van der Waals surface area contributed by atoms with E-state index in [1.807, 2.05) is 10.9 Å². The highest BCUT2D eigenvalue weighted by molar-refractivity contribution is 9.10. The van der Waals surface area contributed by atoms with Gasteiger partial charge in [-0.05, 0) is 59.1 Å². The molecule has 0 spiro atoms. The van der Waals surface area contributed by atoms with Crippen molar-refractivity contribution in [1.29, 1.82) is 0 Å². The van der Waals surface area contributed by atoms with Crippen LogP contribution in [0.5, 0.6) is 0 Å². The highest BCUT2D eigenvalue weighted by Crippen LogP contribution is 2.16. The summed E-state index contributed by atoms with van der Waals surface area (Å²) >= 11 is 3.39. The van der Waals surface area contributed by atoms with Crippen molar-refractivity contribution in [3.8, 4) is 5.69 Å². The van der Waals surface area contributed by atoms with Gasteiger partial charge in [0.1, 0.15) is 0 Å². The third kappa shape index (κ3) is 2.33. The Morgan fingerprint density at radius 1 is 1.44 bits per heavy atom. The first-order valence-corrected chi connectivity index (χ1v) is 6.00. The minimum Gasteiger partial charge on any atom is -0.330 e. The van der Waals surface area contributed by atoms with Crippen molar-refractivity contribution >= 4 is 15.9 Å². The summed E-state index contributed by atoms with van der Waals surface area (Å²) in [6, 6.07) is 6.31. The Bertz CT molecular complexity index is 491. The number of aryl methyl sites for hydroxylation is 1. The maximum Gasteiger partial charge on any atom is 0.0648 e. The maximum absolute atomic E-state index is 5.56. The minimum absolute atomic E-state index is 0.688. The van der Waals surface area contributed by atoms with Gasteiger partial charge in [-0.3, -0.25) is 0 Å². The summed E-state index contributed by atoms with van der Waals surface area (Å²) in [6.07, 6.45) is 4.65. The molecule has 1 heterocycles. The molecule has 2 aromatic rings. The first-order chi connectivity index (χ1) is 7.70. The lowest BCUT2D eigenvalue weighted by Gasteiger charge is -2.07. The lowest BCUT2D eigenvalue weighted by atomic mass is 10.1. The molecule has 1 aromatic carbocycles. The Morgan fingerprint density at radius 3 is 2.81 bits per heavy atom. The second kappa shape index (κ2) is 4.80. The second-order valence-electron chi connectivity index (χ2n) is 3.75. The van der Waals surface area contributed by atoms with E-state index in [1.165, 1.54) is 11.1 Å². The number of nitrogens with zero attached hydrogens (tertiary/aromatic N) is 2. The third-order valence-corrected chi connectivity index (χ3v) is 2.96. The molecule has 2 rings (SSSR count). The summed E-state index contributed by atoms with van der Waals surface area (Å²) < 4.78 is 2.83. The van der Waals surface area contributed by atoms with Crippen molar-refractivity contribution < 1.29 is 0 Å². The highest BCUT2D eigenvalue weighted by atomic mass is 79.9. The van der Waals surface area contributed by atoms with Crippen LogP contribution in [0, 0.1) is 6.92 Å². The lowest BCUT2D eigenvalue weighted by Crippen LogP contribution is -2.05. The molecule has 2 N–H and O–H groups in total. The number of benzene rings is 1. The van der Waals surface area contributed by atoms with Crippen molar-refractivity contribution in [1.82, 2.24) is 9.78 Å². The molecule has 0 radical (unpaired) electrons. The molecule has 0 saturated carbocycles. The molecule has 84 valence electrons. The largest absolute Gasteiger partial charge is 0.330 e. The Kier molecular flexibility index (Phi) is 3.41. The molecule has 0 fully saturated rings. The first kappa shape index (κ1) is 11.4. The van der Waals surface area contributed by atoms with Crippen LogP contribution in [0.4, 0.5) is 0 Å². The molecular weight excluding hydrogens is 266 g/mol. The number of hydrogen-bond acceptors (Lipinski definition) is 2. The lowest BCUT2D eigenvalue weighted by molar-refractivity contribution is 0.874. The molecule has 4 heteroatoms. The maximum atomic E-state index is 5.56. The van der Waals surface area contributed by atoms with Crippen molar-refractivity contribution in [2.45, 2.75) is 13.3 Å². The first-order valence-electron chi connectivity index (χ1n) is 5.21. The van der Waals surface area contributed by atoms with Gasteiger partial charge in [0.25, 0.3) is 0 Å². The fourth-order valence-electron chi connectivity index (χ4n) is 1.70. The molecule has 0 aliphatic rings. The molecule has 0 amide bonds. The van der Waals surface area contributed by atoms with Gasteiger partial charge in [0.2, 0.25) is 0 Å². The van der Waals surface area contributed by atoms with Gasteiger partial charge < -0.3 is 5.73 Å². The molecule has 16 heavy (non-hydrogen) atoms. The van der Waals surface area contributed by atoms with Crippen molar-refractivity contribution in [2.24, 2.45) is 5.73 Å². The topological polar surface area (TPSA) is 43.8 Å². The molecule has 0 atom stereocenters. The Hall–Kier alpha value is -1.13. The van der Waals surface area contributed by atoms with Crippen LogP contribution in [0.3, 0.4) is 0 Å². The quantitative estimate of drug-likeness (QED) is 0.938. The van der Waals surface area contributed by atoms with Crippen LogP contribution in [-0.2, 0) is 6.42 Å². The second-order valence-corrected chi connectivity index (χ2v) is 4.67. The van der Waals surface area contributed by atoms with Gasteiger partial charge >= 0.3 is 0 Å². The van der Waals surface area contributed by atoms with E-state index in [-0.39, 0.29) is 0 Å². The Balaban J connectivity index is 2.34. The summed E-state index contributed by atoms with van der Waals surface area (Å²) in [5, 5.41) is 4.25. The van der Waals surface area contributed by atoms with Gasteiger partial charge in [0, 0.05) is 6.20 Å². The van der Waals surface area contributed by atoms with Gasteiger partial charge in [-0.25, -0.2) is 4.68 Å². The molecule has 0 aliphatic heterocycles. The zero-order valence-corrected chi connectivity index (χ0v) is 10.7. The van der Waals surface area contributed by atoms with Gasteiger partial charge in [-0.1, -0.05) is 6.07 Å². The van der Waals surface area contributed by atoms with Crippen LogP contribution < -0.4 is 5.73 Å². The minimum atomic E-state index is 0.688. The molecule has 3 nitrogen and oxygen atoms in total. The normalized spacial score (nSPS) is 10.7. The molecule has 0 aliphatic carbocycles. The van der Waals surface area contributed by atoms with E-state index in [0.29, 0.717) is 6.54 Å². The number of aromatic nitrogens is 2. The summed E-state index contributed by atoms with van der Waals surface area (Å²) in [4.78, 5) is 0. The van der Waals surface area contributed by atoms with E-state index in [1.54, 1.807) is 6.20 Å². The van der Waals surface area contributed by atoms with E-state index < -0.39 is 0 Å². The third-order valence-electron chi connectivity index (χ3n) is 2.56. The smallest absolute Gasteiger partial charge is 0.0648 e. The van der Waals surface area contributed by atoms with Crippen LogP contribution >= 0.6 is 15.9 Å². The van der Waals surface area contributed by atoms with E-state index in [4.69, 9.17) is 5.73 Å². The summed E-state index contributed by atoms with van der Waals surface area (Å²) in [6.45, 7) is 2.79. The predicted molar refractivity (Wildman–Crippen MR) is 68.8 cm³/mol. The fraction of sp³-hybridized carbons (Fsp3) is 0.250. The number of hydrogen-bond donors (Lipinski definition) is 1. The Morgan fingerprint density at radius 2 is 2.25 bits per heavy atom. The van der Waals surface area contributed by atoms with Gasteiger partial charge in [0.05, 0.1) is 16.4 Å².